The van der Waals surface area contributed by atoms with Crippen molar-refractivity contribution in [3.8, 4) is 0 Å². The first-order chi connectivity index (χ1) is 13.4. The van der Waals surface area contributed by atoms with E-state index >= 15 is 0 Å². The molecule has 1 aliphatic heterocycles. The third-order valence-corrected chi connectivity index (χ3v) is 5.29. The summed E-state index contributed by atoms with van der Waals surface area (Å²) in [6, 6.07) is 3.98. The largest absolute Gasteiger partial charge is 0.336 e. The van der Waals surface area contributed by atoms with E-state index in [1.165, 1.54) is 19.1 Å². The first-order valence-electron chi connectivity index (χ1n) is 9.11. The number of rotatable bonds is 5. The van der Waals surface area contributed by atoms with Gasteiger partial charge in [-0.15, -0.1) is 0 Å². The Bertz CT molecular complexity index is 872. The Morgan fingerprint density at radius 3 is 2.89 bits per heavy atom. The minimum absolute atomic E-state index is 0.0362. The zero-order valence-corrected chi connectivity index (χ0v) is 16.6. The number of carbonyl (C=O) groups is 2. The number of nitrogens with zero attached hydrogens (tertiary/aromatic N) is 4. The molecule has 1 saturated heterocycles. The fourth-order valence-corrected chi connectivity index (χ4v) is 3.60. The topological polar surface area (TPSA) is 70.5 Å². The van der Waals surface area contributed by atoms with Gasteiger partial charge in [0.1, 0.15) is 5.82 Å². The van der Waals surface area contributed by atoms with E-state index in [2.05, 4.69) is 10.3 Å². The molecule has 7 nitrogen and oxygen atoms in total. The van der Waals surface area contributed by atoms with Gasteiger partial charge in [-0.3, -0.25) is 4.79 Å². The van der Waals surface area contributed by atoms with Crippen LogP contribution in [0.1, 0.15) is 19.2 Å². The fraction of sp³-hybridized carbons (Fsp3) is 0.421. The first kappa shape index (κ1) is 20.1. The standard InChI is InChI=1S/C19H23ClFN5O2/c1-13-22-7-9-24(13)10-11-26(14(2)27)15-6-8-25(12-15)19(28)23-17-5-3-4-16(20)18(17)21/h3-5,7,9,15H,6,8,10-12H2,1-2H3,(H,23,28). The van der Waals surface area contributed by atoms with Crippen LogP contribution in [0.25, 0.3) is 0 Å². The molecule has 0 spiro atoms. The number of imidazole rings is 1. The molecule has 1 atom stereocenters. The van der Waals surface area contributed by atoms with E-state index in [0.29, 0.717) is 32.6 Å². The lowest BCUT2D eigenvalue weighted by molar-refractivity contribution is -0.131. The van der Waals surface area contributed by atoms with Gasteiger partial charge in [-0.1, -0.05) is 17.7 Å². The van der Waals surface area contributed by atoms with Crippen molar-refractivity contribution in [1.29, 1.82) is 0 Å². The maximum Gasteiger partial charge on any atom is 0.321 e. The number of hydrogen-bond donors (Lipinski definition) is 1. The molecule has 2 aromatic rings. The molecule has 0 saturated carbocycles. The van der Waals surface area contributed by atoms with Crippen LogP contribution in [-0.2, 0) is 11.3 Å². The van der Waals surface area contributed by atoms with Gasteiger partial charge in [0.2, 0.25) is 5.91 Å². The minimum atomic E-state index is -0.658. The van der Waals surface area contributed by atoms with Crippen LogP contribution < -0.4 is 5.32 Å². The van der Waals surface area contributed by atoms with Crippen LogP contribution in [0.3, 0.4) is 0 Å². The first-order valence-corrected chi connectivity index (χ1v) is 9.49. The van der Waals surface area contributed by atoms with Gasteiger partial charge < -0.3 is 19.7 Å². The number of aromatic nitrogens is 2. The summed E-state index contributed by atoms with van der Waals surface area (Å²) in [6.07, 6.45) is 4.28. The maximum atomic E-state index is 14.0. The minimum Gasteiger partial charge on any atom is -0.336 e. The van der Waals surface area contributed by atoms with Crippen LogP contribution in [0.5, 0.6) is 0 Å². The van der Waals surface area contributed by atoms with E-state index in [4.69, 9.17) is 11.6 Å². The number of anilines is 1. The van der Waals surface area contributed by atoms with Gasteiger partial charge in [0.25, 0.3) is 0 Å². The molecule has 0 radical (unpaired) electrons. The molecule has 1 N–H and O–H groups in total. The monoisotopic (exact) mass is 407 g/mol. The Hall–Kier alpha value is -2.61. The lowest BCUT2D eigenvalue weighted by Gasteiger charge is -2.28. The van der Waals surface area contributed by atoms with E-state index in [1.807, 2.05) is 17.7 Å². The predicted molar refractivity (Wildman–Crippen MR) is 105 cm³/mol. The third kappa shape index (κ3) is 4.44. The Morgan fingerprint density at radius 2 is 2.21 bits per heavy atom. The normalized spacial score (nSPS) is 16.3. The van der Waals surface area contributed by atoms with Crippen LogP contribution in [0.4, 0.5) is 14.9 Å². The average Bonchev–Trinajstić information content (AvgIpc) is 3.29. The Labute approximate surface area is 168 Å². The number of aryl methyl sites for hydroxylation is 1. The highest BCUT2D eigenvalue weighted by Crippen LogP contribution is 2.23. The molecule has 1 fully saturated rings. The Kier molecular flexibility index (Phi) is 6.18. The predicted octanol–water partition coefficient (Wildman–Crippen LogP) is 3.14. The molecule has 3 amide bonds. The van der Waals surface area contributed by atoms with E-state index < -0.39 is 11.8 Å². The molecular formula is C19H23ClFN5O2. The van der Waals surface area contributed by atoms with Crippen molar-refractivity contribution in [1.82, 2.24) is 19.4 Å². The third-order valence-electron chi connectivity index (χ3n) is 4.99. The number of carbonyl (C=O) groups excluding carboxylic acids is 2. The van der Waals surface area contributed by atoms with Crippen LogP contribution >= 0.6 is 11.6 Å². The van der Waals surface area contributed by atoms with Crippen molar-refractivity contribution >= 4 is 29.2 Å². The number of hydrogen-bond acceptors (Lipinski definition) is 3. The summed E-state index contributed by atoms with van der Waals surface area (Å²) >= 11 is 5.75. The molecule has 28 heavy (non-hydrogen) atoms. The Morgan fingerprint density at radius 1 is 1.43 bits per heavy atom. The number of nitrogens with one attached hydrogen (secondary N) is 1. The SMILES string of the molecule is CC(=O)N(CCn1ccnc1C)C1CCN(C(=O)Nc2cccc(Cl)c2F)C1. The molecule has 1 aromatic heterocycles. The molecule has 1 aromatic carbocycles. The molecule has 1 aliphatic rings. The van der Waals surface area contributed by atoms with Gasteiger partial charge in [-0.25, -0.2) is 14.2 Å². The number of halogens is 2. The summed E-state index contributed by atoms with van der Waals surface area (Å²) in [6.45, 7) is 5.51. The highest BCUT2D eigenvalue weighted by molar-refractivity contribution is 6.31. The van der Waals surface area contributed by atoms with E-state index in [1.54, 1.807) is 22.1 Å². The smallest absolute Gasteiger partial charge is 0.321 e. The van der Waals surface area contributed by atoms with Crippen molar-refractivity contribution in [3.05, 3.63) is 47.3 Å². The number of amides is 3. The highest BCUT2D eigenvalue weighted by Gasteiger charge is 2.32. The summed E-state index contributed by atoms with van der Waals surface area (Å²) in [5, 5.41) is 2.51. The average molecular weight is 408 g/mol. The molecule has 1 unspecified atom stereocenters. The molecule has 9 heteroatoms. The van der Waals surface area contributed by atoms with E-state index in [-0.39, 0.29) is 22.7 Å². The highest BCUT2D eigenvalue weighted by atomic mass is 35.5. The van der Waals surface area contributed by atoms with Gasteiger partial charge >= 0.3 is 6.03 Å². The van der Waals surface area contributed by atoms with Crippen molar-refractivity contribution < 1.29 is 14.0 Å². The number of urea groups is 1. The zero-order chi connectivity index (χ0) is 20.3. The second kappa shape index (κ2) is 8.60. The lowest BCUT2D eigenvalue weighted by Crippen LogP contribution is -2.43. The van der Waals surface area contributed by atoms with Crippen molar-refractivity contribution in [3.63, 3.8) is 0 Å². The van der Waals surface area contributed by atoms with Crippen LogP contribution in [0.15, 0.2) is 30.6 Å². The van der Waals surface area contributed by atoms with Gasteiger partial charge in [0, 0.05) is 45.5 Å². The zero-order valence-electron chi connectivity index (χ0n) is 15.9. The number of likely N-dealkylation sites (tertiary alicyclic amines) is 1. The maximum absolute atomic E-state index is 14.0. The second-order valence-corrected chi connectivity index (χ2v) is 7.21. The summed E-state index contributed by atoms with van der Waals surface area (Å²) in [7, 11) is 0. The molecule has 0 bridgehead atoms. The number of benzene rings is 1. The van der Waals surface area contributed by atoms with Gasteiger partial charge in [-0.2, -0.15) is 0 Å². The molecule has 3 rings (SSSR count). The molecule has 150 valence electrons. The molecule has 0 aliphatic carbocycles. The second-order valence-electron chi connectivity index (χ2n) is 6.80. The summed E-state index contributed by atoms with van der Waals surface area (Å²) < 4.78 is 16.0. The van der Waals surface area contributed by atoms with Crippen LogP contribution in [-0.4, -0.2) is 57.0 Å². The lowest BCUT2D eigenvalue weighted by atomic mass is 10.2. The van der Waals surface area contributed by atoms with Crippen LogP contribution in [0, 0.1) is 12.7 Å². The quantitative estimate of drug-likeness (QED) is 0.827. The van der Waals surface area contributed by atoms with E-state index in [9.17, 15) is 14.0 Å². The van der Waals surface area contributed by atoms with Crippen molar-refractivity contribution in [2.75, 3.05) is 25.0 Å². The van der Waals surface area contributed by atoms with E-state index in [0.717, 1.165) is 5.82 Å². The van der Waals surface area contributed by atoms with Crippen LogP contribution in [0.2, 0.25) is 5.02 Å². The summed E-state index contributed by atoms with van der Waals surface area (Å²) in [5.74, 6) is 0.194. The molecule has 2 heterocycles. The van der Waals surface area contributed by atoms with Gasteiger partial charge in [0.15, 0.2) is 5.82 Å². The fourth-order valence-electron chi connectivity index (χ4n) is 3.43. The summed E-state index contributed by atoms with van der Waals surface area (Å²) in [5.41, 5.74) is 0.0416. The Balaban J connectivity index is 1.60. The molecular weight excluding hydrogens is 385 g/mol. The van der Waals surface area contributed by atoms with Gasteiger partial charge in [-0.05, 0) is 25.5 Å². The van der Waals surface area contributed by atoms with Gasteiger partial charge in [0.05, 0.1) is 16.8 Å². The van der Waals surface area contributed by atoms with Crippen molar-refractivity contribution in [2.45, 2.75) is 32.9 Å². The summed E-state index contributed by atoms with van der Waals surface area (Å²) in [4.78, 5) is 32.2. The van der Waals surface area contributed by atoms with Crippen molar-refractivity contribution in [2.24, 2.45) is 0 Å².